The summed E-state index contributed by atoms with van der Waals surface area (Å²) in [6.07, 6.45) is 1.16. The quantitative estimate of drug-likeness (QED) is 0.878. The first-order valence-electron chi connectivity index (χ1n) is 7.85. The summed E-state index contributed by atoms with van der Waals surface area (Å²) in [5.41, 5.74) is 2.40. The van der Waals surface area contributed by atoms with Gasteiger partial charge in [0.05, 0.1) is 6.54 Å². The second-order valence-corrected chi connectivity index (χ2v) is 5.81. The number of likely N-dealkylation sites (N-methyl/N-ethyl adjacent to an activating group) is 1. The van der Waals surface area contributed by atoms with Gasteiger partial charge in [-0.1, -0.05) is 24.3 Å². The Balaban J connectivity index is 0.00000264. The Morgan fingerprint density at radius 3 is 2.52 bits per heavy atom. The van der Waals surface area contributed by atoms with E-state index in [0.29, 0.717) is 6.42 Å². The number of nitrogens with zero attached hydrogens (tertiary/aromatic N) is 2. The van der Waals surface area contributed by atoms with E-state index in [0.717, 1.165) is 32.6 Å². The number of hydrogen-bond acceptors (Lipinski definition) is 3. The maximum atomic E-state index is 12.2. The van der Waals surface area contributed by atoms with Crippen molar-refractivity contribution >= 4 is 24.2 Å². The SMILES string of the molecule is Cc1ccccc1CCC(=O)N(C)CC(=O)N1CCNCC1.Cl. The lowest BCUT2D eigenvalue weighted by molar-refractivity contribution is -0.139. The number of amides is 2. The summed E-state index contributed by atoms with van der Waals surface area (Å²) in [5.74, 6) is 0.0555. The molecule has 1 aromatic carbocycles. The number of piperazine rings is 1. The number of rotatable bonds is 5. The van der Waals surface area contributed by atoms with Crippen LogP contribution in [0.5, 0.6) is 0 Å². The lowest BCUT2D eigenvalue weighted by atomic mass is 10.0. The van der Waals surface area contributed by atoms with Gasteiger partial charge in [-0.05, 0) is 24.5 Å². The molecule has 1 N–H and O–H groups in total. The second kappa shape index (κ2) is 9.53. The molecule has 2 amide bonds. The van der Waals surface area contributed by atoms with Crippen LogP contribution in [0.2, 0.25) is 0 Å². The van der Waals surface area contributed by atoms with Gasteiger partial charge in [0.2, 0.25) is 11.8 Å². The molecule has 1 aliphatic heterocycles. The van der Waals surface area contributed by atoms with Crippen LogP contribution in [-0.2, 0) is 16.0 Å². The molecule has 1 fully saturated rings. The van der Waals surface area contributed by atoms with Crippen molar-refractivity contribution in [1.29, 1.82) is 0 Å². The number of benzene rings is 1. The Bertz CT molecular complexity index is 530. The van der Waals surface area contributed by atoms with E-state index in [2.05, 4.69) is 24.4 Å². The lowest BCUT2D eigenvalue weighted by Gasteiger charge is -2.29. The van der Waals surface area contributed by atoms with E-state index in [-0.39, 0.29) is 30.8 Å². The maximum absolute atomic E-state index is 12.2. The van der Waals surface area contributed by atoms with E-state index in [9.17, 15) is 9.59 Å². The Hall–Kier alpha value is -1.59. The van der Waals surface area contributed by atoms with Crippen LogP contribution in [0.3, 0.4) is 0 Å². The van der Waals surface area contributed by atoms with Gasteiger partial charge >= 0.3 is 0 Å². The van der Waals surface area contributed by atoms with Gasteiger partial charge in [0.1, 0.15) is 0 Å². The minimum Gasteiger partial charge on any atom is -0.339 e. The van der Waals surface area contributed by atoms with Gasteiger partial charge < -0.3 is 15.1 Å². The van der Waals surface area contributed by atoms with Gasteiger partial charge in [0.25, 0.3) is 0 Å². The molecule has 0 saturated carbocycles. The van der Waals surface area contributed by atoms with E-state index >= 15 is 0 Å². The second-order valence-electron chi connectivity index (χ2n) is 5.81. The van der Waals surface area contributed by atoms with Crippen molar-refractivity contribution in [3.8, 4) is 0 Å². The van der Waals surface area contributed by atoms with Gasteiger partial charge in [-0.3, -0.25) is 9.59 Å². The first-order chi connectivity index (χ1) is 10.6. The average molecular weight is 340 g/mol. The molecule has 128 valence electrons. The number of carbonyl (C=O) groups is 2. The molecule has 1 aliphatic rings. The van der Waals surface area contributed by atoms with E-state index in [1.54, 1.807) is 11.9 Å². The minimum atomic E-state index is 0. The van der Waals surface area contributed by atoms with Gasteiger partial charge in [0.15, 0.2) is 0 Å². The van der Waals surface area contributed by atoms with Crippen LogP contribution in [0.1, 0.15) is 17.5 Å². The zero-order valence-electron chi connectivity index (χ0n) is 13.9. The first-order valence-corrected chi connectivity index (χ1v) is 7.85. The highest BCUT2D eigenvalue weighted by molar-refractivity contribution is 5.85. The zero-order valence-corrected chi connectivity index (χ0v) is 14.7. The van der Waals surface area contributed by atoms with Crippen molar-refractivity contribution < 1.29 is 9.59 Å². The Labute approximate surface area is 144 Å². The highest BCUT2D eigenvalue weighted by Gasteiger charge is 2.19. The summed E-state index contributed by atoms with van der Waals surface area (Å²) < 4.78 is 0. The van der Waals surface area contributed by atoms with Crippen LogP contribution in [0, 0.1) is 6.92 Å². The lowest BCUT2D eigenvalue weighted by Crippen LogP contribution is -2.49. The van der Waals surface area contributed by atoms with Gasteiger partial charge in [-0.25, -0.2) is 0 Å². The number of aryl methyl sites for hydroxylation is 2. The van der Waals surface area contributed by atoms with Gasteiger partial charge in [0, 0.05) is 39.6 Å². The van der Waals surface area contributed by atoms with Crippen molar-refractivity contribution in [2.24, 2.45) is 0 Å². The Morgan fingerprint density at radius 1 is 1.22 bits per heavy atom. The fourth-order valence-corrected chi connectivity index (χ4v) is 2.63. The molecular formula is C17H26ClN3O2. The van der Waals surface area contributed by atoms with Crippen LogP contribution in [-0.4, -0.2) is 61.4 Å². The third-order valence-electron chi connectivity index (χ3n) is 4.14. The molecule has 0 bridgehead atoms. The fourth-order valence-electron chi connectivity index (χ4n) is 2.63. The number of hydrogen-bond donors (Lipinski definition) is 1. The van der Waals surface area contributed by atoms with Crippen LogP contribution in [0.4, 0.5) is 0 Å². The summed E-state index contributed by atoms with van der Waals surface area (Å²) in [4.78, 5) is 27.7. The van der Waals surface area contributed by atoms with Crippen molar-refractivity contribution in [3.63, 3.8) is 0 Å². The molecule has 0 aromatic heterocycles. The molecular weight excluding hydrogens is 314 g/mol. The van der Waals surface area contributed by atoms with Gasteiger partial charge in [-0.2, -0.15) is 0 Å². The normalized spacial score (nSPS) is 14.1. The van der Waals surface area contributed by atoms with Crippen molar-refractivity contribution in [3.05, 3.63) is 35.4 Å². The smallest absolute Gasteiger partial charge is 0.242 e. The van der Waals surface area contributed by atoms with Crippen LogP contribution in [0.25, 0.3) is 0 Å². The molecule has 0 radical (unpaired) electrons. The number of halogens is 1. The molecule has 0 atom stereocenters. The monoisotopic (exact) mass is 339 g/mol. The molecule has 6 heteroatoms. The summed E-state index contributed by atoms with van der Waals surface area (Å²) >= 11 is 0. The summed E-state index contributed by atoms with van der Waals surface area (Å²) in [5, 5.41) is 3.21. The third-order valence-corrected chi connectivity index (χ3v) is 4.14. The molecule has 0 unspecified atom stereocenters. The Morgan fingerprint density at radius 2 is 1.87 bits per heavy atom. The standard InChI is InChI=1S/C17H25N3O2.ClH/c1-14-5-3-4-6-15(14)7-8-16(21)19(2)13-17(22)20-11-9-18-10-12-20;/h3-6,18H,7-13H2,1-2H3;1H. The molecule has 0 aliphatic carbocycles. The molecule has 5 nitrogen and oxygen atoms in total. The predicted molar refractivity (Wildman–Crippen MR) is 93.8 cm³/mol. The first kappa shape index (κ1) is 19.5. The highest BCUT2D eigenvalue weighted by Crippen LogP contribution is 2.10. The van der Waals surface area contributed by atoms with Crippen molar-refractivity contribution in [2.75, 3.05) is 39.8 Å². The number of nitrogens with one attached hydrogen (secondary N) is 1. The average Bonchev–Trinajstić information content (AvgIpc) is 2.54. The fraction of sp³-hybridized carbons (Fsp3) is 0.529. The third kappa shape index (κ3) is 5.84. The predicted octanol–water partition coefficient (Wildman–Crippen LogP) is 1.24. The van der Waals surface area contributed by atoms with E-state index in [4.69, 9.17) is 0 Å². The van der Waals surface area contributed by atoms with E-state index < -0.39 is 0 Å². The summed E-state index contributed by atoms with van der Waals surface area (Å²) in [6, 6.07) is 8.09. The maximum Gasteiger partial charge on any atom is 0.242 e. The summed E-state index contributed by atoms with van der Waals surface area (Å²) in [7, 11) is 1.71. The van der Waals surface area contributed by atoms with E-state index in [1.165, 1.54) is 11.1 Å². The molecule has 0 spiro atoms. The zero-order chi connectivity index (χ0) is 15.9. The van der Waals surface area contributed by atoms with Crippen LogP contribution in [0.15, 0.2) is 24.3 Å². The number of carbonyl (C=O) groups excluding carboxylic acids is 2. The highest BCUT2D eigenvalue weighted by atomic mass is 35.5. The van der Waals surface area contributed by atoms with Crippen LogP contribution >= 0.6 is 12.4 Å². The molecule has 1 saturated heterocycles. The van der Waals surface area contributed by atoms with E-state index in [1.807, 2.05) is 17.0 Å². The van der Waals surface area contributed by atoms with Crippen molar-refractivity contribution in [2.45, 2.75) is 19.8 Å². The van der Waals surface area contributed by atoms with Crippen LogP contribution < -0.4 is 5.32 Å². The van der Waals surface area contributed by atoms with Crippen molar-refractivity contribution in [1.82, 2.24) is 15.1 Å². The molecule has 1 heterocycles. The Kier molecular flexibility index (Phi) is 8.06. The molecule has 1 aromatic rings. The molecule has 2 rings (SSSR count). The summed E-state index contributed by atoms with van der Waals surface area (Å²) in [6.45, 7) is 5.34. The topological polar surface area (TPSA) is 52.7 Å². The molecule has 23 heavy (non-hydrogen) atoms. The minimum absolute atomic E-state index is 0. The van der Waals surface area contributed by atoms with Gasteiger partial charge in [-0.15, -0.1) is 12.4 Å². The largest absolute Gasteiger partial charge is 0.339 e.